The standard InChI is InChI=1S/C20H19FN4O/c1-3-25(17-7-5-4-6-8-17)20-22-14(2)13-18(24-20)19(26)23-16-11-9-15(21)10-12-16/h4-13H,3H2,1-2H3,(H,23,26). The molecule has 0 aliphatic rings. The van der Waals surface area contributed by atoms with Crippen molar-refractivity contribution in [3.8, 4) is 0 Å². The summed E-state index contributed by atoms with van der Waals surface area (Å²) in [5, 5.41) is 2.72. The molecule has 132 valence electrons. The molecule has 3 rings (SSSR count). The molecule has 3 aromatic rings. The van der Waals surface area contributed by atoms with Crippen LogP contribution in [0.25, 0.3) is 0 Å². The zero-order valence-electron chi connectivity index (χ0n) is 14.6. The average molecular weight is 350 g/mol. The van der Waals surface area contributed by atoms with Gasteiger partial charge >= 0.3 is 0 Å². The van der Waals surface area contributed by atoms with Crippen molar-refractivity contribution in [2.24, 2.45) is 0 Å². The van der Waals surface area contributed by atoms with Gasteiger partial charge in [-0.3, -0.25) is 4.79 Å². The van der Waals surface area contributed by atoms with Gasteiger partial charge in [-0.1, -0.05) is 18.2 Å². The van der Waals surface area contributed by atoms with Gasteiger partial charge in [-0.25, -0.2) is 14.4 Å². The number of benzene rings is 2. The van der Waals surface area contributed by atoms with E-state index in [9.17, 15) is 9.18 Å². The Kier molecular flexibility index (Phi) is 5.22. The van der Waals surface area contributed by atoms with Crippen LogP contribution in [-0.4, -0.2) is 22.4 Å². The van der Waals surface area contributed by atoms with E-state index in [0.717, 1.165) is 5.69 Å². The maximum Gasteiger partial charge on any atom is 0.274 e. The minimum atomic E-state index is -0.368. The van der Waals surface area contributed by atoms with E-state index in [-0.39, 0.29) is 17.4 Å². The van der Waals surface area contributed by atoms with Crippen LogP contribution in [0.15, 0.2) is 60.7 Å². The van der Waals surface area contributed by atoms with Crippen molar-refractivity contribution in [2.45, 2.75) is 13.8 Å². The van der Waals surface area contributed by atoms with Gasteiger partial charge in [0.25, 0.3) is 5.91 Å². The van der Waals surface area contributed by atoms with E-state index in [2.05, 4.69) is 15.3 Å². The summed E-state index contributed by atoms with van der Waals surface area (Å²) in [5.74, 6) is -0.264. The van der Waals surface area contributed by atoms with E-state index < -0.39 is 0 Å². The number of hydrogen-bond donors (Lipinski definition) is 1. The van der Waals surface area contributed by atoms with Crippen molar-refractivity contribution in [1.82, 2.24) is 9.97 Å². The molecule has 1 aromatic heterocycles. The maximum absolute atomic E-state index is 13.0. The lowest BCUT2D eigenvalue weighted by molar-refractivity contribution is 0.102. The molecule has 0 atom stereocenters. The highest BCUT2D eigenvalue weighted by Gasteiger charge is 2.15. The van der Waals surface area contributed by atoms with Crippen LogP contribution in [0.2, 0.25) is 0 Å². The number of anilines is 3. The van der Waals surface area contributed by atoms with Crippen molar-refractivity contribution < 1.29 is 9.18 Å². The summed E-state index contributed by atoms with van der Waals surface area (Å²) in [5.41, 5.74) is 2.40. The Bertz CT molecular complexity index is 897. The van der Waals surface area contributed by atoms with E-state index >= 15 is 0 Å². The van der Waals surface area contributed by atoms with Crippen LogP contribution in [0.1, 0.15) is 23.1 Å². The molecular formula is C20H19FN4O. The third-order valence-corrected chi connectivity index (χ3v) is 3.80. The largest absolute Gasteiger partial charge is 0.321 e. The van der Waals surface area contributed by atoms with Crippen LogP contribution in [0.5, 0.6) is 0 Å². The summed E-state index contributed by atoms with van der Waals surface area (Å²) >= 11 is 0. The first kappa shape index (κ1) is 17.5. The molecule has 0 unspecified atom stereocenters. The smallest absolute Gasteiger partial charge is 0.274 e. The minimum Gasteiger partial charge on any atom is -0.321 e. The van der Waals surface area contributed by atoms with Gasteiger partial charge in [0.05, 0.1) is 0 Å². The summed E-state index contributed by atoms with van der Waals surface area (Å²) in [6.07, 6.45) is 0. The highest BCUT2D eigenvalue weighted by atomic mass is 19.1. The summed E-state index contributed by atoms with van der Waals surface area (Å²) in [6, 6.07) is 17.0. The van der Waals surface area contributed by atoms with Crippen molar-refractivity contribution in [2.75, 3.05) is 16.8 Å². The van der Waals surface area contributed by atoms with E-state index in [4.69, 9.17) is 0 Å². The predicted octanol–water partition coefficient (Wildman–Crippen LogP) is 4.33. The Balaban J connectivity index is 1.89. The van der Waals surface area contributed by atoms with Gasteiger partial charge in [-0.15, -0.1) is 0 Å². The molecular weight excluding hydrogens is 331 g/mol. The number of carbonyl (C=O) groups is 1. The Morgan fingerprint density at radius 1 is 1.08 bits per heavy atom. The molecule has 1 heterocycles. The Hall–Kier alpha value is -3.28. The van der Waals surface area contributed by atoms with Crippen LogP contribution in [0.4, 0.5) is 21.7 Å². The molecule has 2 aromatic carbocycles. The molecule has 0 aliphatic carbocycles. The molecule has 0 radical (unpaired) electrons. The maximum atomic E-state index is 13.0. The van der Waals surface area contributed by atoms with Crippen LogP contribution in [0.3, 0.4) is 0 Å². The number of amides is 1. The van der Waals surface area contributed by atoms with Gasteiger partial charge in [-0.2, -0.15) is 0 Å². The molecule has 0 fully saturated rings. The summed E-state index contributed by atoms with van der Waals surface area (Å²) < 4.78 is 13.0. The monoisotopic (exact) mass is 350 g/mol. The summed E-state index contributed by atoms with van der Waals surface area (Å²) in [4.78, 5) is 23.4. The second-order valence-corrected chi connectivity index (χ2v) is 5.74. The SMILES string of the molecule is CCN(c1ccccc1)c1nc(C)cc(C(=O)Nc2ccc(F)cc2)n1. The predicted molar refractivity (Wildman–Crippen MR) is 100 cm³/mol. The van der Waals surface area contributed by atoms with E-state index in [1.54, 1.807) is 6.07 Å². The van der Waals surface area contributed by atoms with Crippen LogP contribution < -0.4 is 10.2 Å². The second kappa shape index (κ2) is 7.74. The Labute approximate surface area is 151 Å². The average Bonchev–Trinajstić information content (AvgIpc) is 2.65. The van der Waals surface area contributed by atoms with Gasteiger partial charge in [0.1, 0.15) is 11.5 Å². The molecule has 0 spiro atoms. The number of aromatic nitrogens is 2. The number of aryl methyl sites for hydroxylation is 1. The zero-order valence-corrected chi connectivity index (χ0v) is 14.6. The van der Waals surface area contributed by atoms with Gasteiger partial charge < -0.3 is 10.2 Å². The fraction of sp³-hybridized carbons (Fsp3) is 0.150. The molecule has 0 aliphatic heterocycles. The quantitative estimate of drug-likeness (QED) is 0.744. The zero-order chi connectivity index (χ0) is 18.5. The third-order valence-electron chi connectivity index (χ3n) is 3.80. The minimum absolute atomic E-state index is 0.256. The first-order valence-electron chi connectivity index (χ1n) is 8.32. The third kappa shape index (κ3) is 4.03. The lowest BCUT2D eigenvalue weighted by atomic mass is 10.2. The number of para-hydroxylation sites is 1. The van der Waals surface area contributed by atoms with Gasteiger partial charge in [0, 0.05) is 23.6 Å². The Morgan fingerprint density at radius 2 is 1.77 bits per heavy atom. The normalized spacial score (nSPS) is 10.4. The molecule has 6 heteroatoms. The number of carbonyl (C=O) groups excluding carboxylic acids is 1. The van der Waals surface area contributed by atoms with Crippen LogP contribution in [0, 0.1) is 12.7 Å². The number of nitrogens with zero attached hydrogens (tertiary/aromatic N) is 3. The number of nitrogens with one attached hydrogen (secondary N) is 1. The molecule has 0 saturated carbocycles. The van der Waals surface area contributed by atoms with Crippen molar-refractivity contribution in [3.63, 3.8) is 0 Å². The Morgan fingerprint density at radius 3 is 2.42 bits per heavy atom. The van der Waals surface area contributed by atoms with Crippen molar-refractivity contribution in [1.29, 1.82) is 0 Å². The topological polar surface area (TPSA) is 58.1 Å². The fourth-order valence-electron chi connectivity index (χ4n) is 2.57. The van der Waals surface area contributed by atoms with E-state index in [1.807, 2.05) is 49.1 Å². The summed E-state index contributed by atoms with van der Waals surface area (Å²) in [7, 11) is 0. The van der Waals surface area contributed by atoms with Crippen LogP contribution in [-0.2, 0) is 0 Å². The van der Waals surface area contributed by atoms with Gasteiger partial charge in [0.2, 0.25) is 5.95 Å². The van der Waals surface area contributed by atoms with Crippen molar-refractivity contribution >= 4 is 23.2 Å². The molecule has 5 nitrogen and oxygen atoms in total. The summed E-state index contributed by atoms with van der Waals surface area (Å²) in [6.45, 7) is 4.47. The van der Waals surface area contributed by atoms with Gasteiger partial charge in [-0.05, 0) is 56.3 Å². The molecule has 1 N–H and O–H groups in total. The molecule has 0 bridgehead atoms. The first-order chi connectivity index (χ1) is 12.6. The van der Waals surface area contributed by atoms with E-state index in [0.29, 0.717) is 23.9 Å². The molecule has 1 amide bonds. The van der Waals surface area contributed by atoms with Crippen molar-refractivity contribution in [3.05, 3.63) is 77.9 Å². The molecule has 0 saturated heterocycles. The van der Waals surface area contributed by atoms with E-state index in [1.165, 1.54) is 24.3 Å². The number of halogens is 1. The number of hydrogen-bond acceptors (Lipinski definition) is 4. The highest BCUT2D eigenvalue weighted by molar-refractivity contribution is 6.03. The molecule has 26 heavy (non-hydrogen) atoms. The fourth-order valence-corrected chi connectivity index (χ4v) is 2.57. The lowest BCUT2D eigenvalue weighted by Crippen LogP contribution is -2.22. The van der Waals surface area contributed by atoms with Crippen LogP contribution >= 0.6 is 0 Å². The highest BCUT2D eigenvalue weighted by Crippen LogP contribution is 2.22. The first-order valence-corrected chi connectivity index (χ1v) is 8.32. The lowest BCUT2D eigenvalue weighted by Gasteiger charge is -2.21. The number of rotatable bonds is 5. The second-order valence-electron chi connectivity index (χ2n) is 5.74. The van der Waals surface area contributed by atoms with Gasteiger partial charge in [0.15, 0.2) is 0 Å².